The van der Waals surface area contributed by atoms with Crippen molar-refractivity contribution in [1.29, 1.82) is 0 Å². The minimum absolute atomic E-state index is 0.0676. The number of nitrogens with zero attached hydrogens (tertiary/aromatic N) is 1. The summed E-state index contributed by atoms with van der Waals surface area (Å²) < 4.78 is 0. The van der Waals surface area contributed by atoms with Gasteiger partial charge < -0.3 is 15.7 Å². The third-order valence-electron chi connectivity index (χ3n) is 3.70. The number of hydrogen-bond acceptors (Lipinski definition) is 5. The van der Waals surface area contributed by atoms with Crippen LogP contribution in [0.1, 0.15) is 43.5 Å². The number of carboxylic acid groups (broad SMARTS) is 1. The summed E-state index contributed by atoms with van der Waals surface area (Å²) in [5, 5.41) is 25.9. The number of anilines is 1. The summed E-state index contributed by atoms with van der Waals surface area (Å²) in [6.07, 6.45) is 2.22. The number of carbonyl (C=O) groups is 2. The van der Waals surface area contributed by atoms with E-state index < -0.39 is 22.8 Å². The zero-order valence-electron chi connectivity index (χ0n) is 13.6. The second-order valence-electron chi connectivity index (χ2n) is 6.40. The standard InChI is InChI=1S/C16H21N3O5/c1-9(2)7-13(16(21)22)18-15(20)10-3-6-12(17-11-4-5-11)14(8-10)19(23)24/h3,6,8-9,11,13,17H,4-5,7H2,1-2H3,(H,18,20)(H,21,22)/t13-/m1/s1. The van der Waals surface area contributed by atoms with E-state index >= 15 is 0 Å². The summed E-state index contributed by atoms with van der Waals surface area (Å²) in [4.78, 5) is 34.1. The molecule has 0 aromatic heterocycles. The van der Waals surface area contributed by atoms with E-state index in [0.29, 0.717) is 5.69 Å². The van der Waals surface area contributed by atoms with Crippen LogP contribution in [0.3, 0.4) is 0 Å². The largest absolute Gasteiger partial charge is 0.480 e. The van der Waals surface area contributed by atoms with Gasteiger partial charge in [0.1, 0.15) is 11.7 Å². The van der Waals surface area contributed by atoms with Gasteiger partial charge in [-0.1, -0.05) is 13.8 Å². The fourth-order valence-corrected chi connectivity index (χ4v) is 2.33. The molecule has 3 N–H and O–H groups in total. The predicted octanol–water partition coefficient (Wildman–Crippen LogP) is 2.40. The van der Waals surface area contributed by atoms with Crippen LogP contribution in [0.25, 0.3) is 0 Å². The SMILES string of the molecule is CC(C)C[C@@H](NC(=O)c1ccc(NC2CC2)c([N+](=O)[O-])c1)C(=O)O. The summed E-state index contributed by atoms with van der Waals surface area (Å²) in [7, 11) is 0. The smallest absolute Gasteiger partial charge is 0.326 e. The Morgan fingerprint density at radius 3 is 2.54 bits per heavy atom. The topological polar surface area (TPSA) is 122 Å². The van der Waals surface area contributed by atoms with Crippen LogP contribution in [0.2, 0.25) is 0 Å². The van der Waals surface area contributed by atoms with Gasteiger partial charge in [0.05, 0.1) is 4.92 Å². The van der Waals surface area contributed by atoms with Crippen molar-refractivity contribution in [2.24, 2.45) is 5.92 Å². The fraction of sp³-hybridized carbons (Fsp3) is 0.500. The Morgan fingerprint density at radius 2 is 2.04 bits per heavy atom. The first-order valence-corrected chi connectivity index (χ1v) is 7.86. The van der Waals surface area contributed by atoms with Gasteiger partial charge in [-0.05, 0) is 37.3 Å². The average molecular weight is 335 g/mol. The molecule has 1 saturated carbocycles. The highest BCUT2D eigenvalue weighted by Crippen LogP contribution is 2.31. The molecule has 24 heavy (non-hydrogen) atoms. The Balaban J connectivity index is 2.17. The summed E-state index contributed by atoms with van der Waals surface area (Å²) >= 11 is 0. The number of nitro benzene ring substituents is 1. The first-order chi connectivity index (χ1) is 11.3. The van der Waals surface area contributed by atoms with Crippen molar-refractivity contribution in [2.45, 2.75) is 45.2 Å². The van der Waals surface area contributed by atoms with Crippen LogP contribution in [0, 0.1) is 16.0 Å². The lowest BCUT2D eigenvalue weighted by atomic mass is 10.0. The number of carboxylic acids is 1. The molecule has 8 nitrogen and oxygen atoms in total. The molecule has 1 atom stereocenters. The number of benzene rings is 1. The van der Waals surface area contributed by atoms with Crippen LogP contribution >= 0.6 is 0 Å². The van der Waals surface area contributed by atoms with E-state index in [9.17, 15) is 24.8 Å². The van der Waals surface area contributed by atoms with E-state index in [0.717, 1.165) is 12.8 Å². The molecular weight excluding hydrogens is 314 g/mol. The van der Waals surface area contributed by atoms with E-state index in [4.69, 9.17) is 0 Å². The molecule has 1 aliphatic rings. The van der Waals surface area contributed by atoms with Crippen LogP contribution in [-0.4, -0.2) is 34.0 Å². The fourth-order valence-electron chi connectivity index (χ4n) is 2.33. The van der Waals surface area contributed by atoms with Gasteiger partial charge in [-0.2, -0.15) is 0 Å². The van der Waals surface area contributed by atoms with Crippen LogP contribution in [0.4, 0.5) is 11.4 Å². The molecule has 0 aliphatic heterocycles. The molecule has 1 aromatic carbocycles. The molecule has 1 fully saturated rings. The zero-order valence-corrected chi connectivity index (χ0v) is 13.6. The summed E-state index contributed by atoms with van der Waals surface area (Å²) in [6, 6.07) is 3.34. The molecule has 1 aliphatic carbocycles. The zero-order chi connectivity index (χ0) is 17.9. The van der Waals surface area contributed by atoms with Crippen molar-refractivity contribution in [3.8, 4) is 0 Å². The number of rotatable bonds is 8. The molecule has 0 saturated heterocycles. The molecule has 0 bridgehead atoms. The highest BCUT2D eigenvalue weighted by Gasteiger charge is 2.27. The van der Waals surface area contributed by atoms with E-state index in [1.807, 2.05) is 13.8 Å². The predicted molar refractivity (Wildman–Crippen MR) is 88.1 cm³/mol. The number of nitrogens with one attached hydrogen (secondary N) is 2. The van der Waals surface area contributed by atoms with Crippen molar-refractivity contribution in [2.75, 3.05) is 5.32 Å². The van der Waals surface area contributed by atoms with E-state index in [2.05, 4.69) is 10.6 Å². The summed E-state index contributed by atoms with van der Waals surface area (Å²) in [5.41, 5.74) is 0.249. The van der Waals surface area contributed by atoms with Crippen LogP contribution < -0.4 is 10.6 Å². The number of nitro groups is 1. The molecule has 130 valence electrons. The van der Waals surface area contributed by atoms with Crippen molar-refractivity contribution in [1.82, 2.24) is 5.32 Å². The van der Waals surface area contributed by atoms with E-state index in [1.165, 1.54) is 18.2 Å². The van der Waals surface area contributed by atoms with Gasteiger partial charge in [-0.25, -0.2) is 4.79 Å². The quantitative estimate of drug-likeness (QED) is 0.495. The highest BCUT2D eigenvalue weighted by molar-refractivity contribution is 5.97. The van der Waals surface area contributed by atoms with Crippen LogP contribution in [0.5, 0.6) is 0 Å². The van der Waals surface area contributed by atoms with Gasteiger partial charge in [0.2, 0.25) is 0 Å². The minimum atomic E-state index is -1.13. The lowest BCUT2D eigenvalue weighted by molar-refractivity contribution is -0.384. The minimum Gasteiger partial charge on any atom is -0.480 e. The monoisotopic (exact) mass is 335 g/mol. The summed E-state index contributed by atoms with van der Waals surface area (Å²) in [5.74, 6) is -1.67. The van der Waals surface area contributed by atoms with E-state index in [1.54, 1.807) is 0 Å². The number of amides is 1. The van der Waals surface area contributed by atoms with Crippen molar-refractivity contribution in [3.63, 3.8) is 0 Å². The third kappa shape index (κ3) is 4.68. The number of aliphatic carboxylic acids is 1. The summed E-state index contributed by atoms with van der Waals surface area (Å²) in [6.45, 7) is 3.70. The maximum absolute atomic E-state index is 12.2. The second-order valence-corrected chi connectivity index (χ2v) is 6.40. The van der Waals surface area contributed by atoms with Gasteiger partial charge >= 0.3 is 5.97 Å². The number of carbonyl (C=O) groups excluding carboxylic acids is 1. The Labute approximate surface area is 139 Å². The average Bonchev–Trinajstić information content (AvgIpc) is 3.30. The molecular formula is C16H21N3O5. The van der Waals surface area contributed by atoms with Crippen molar-refractivity contribution >= 4 is 23.3 Å². The molecule has 0 spiro atoms. The van der Waals surface area contributed by atoms with Gasteiger partial charge in [0.15, 0.2) is 0 Å². The van der Waals surface area contributed by atoms with Gasteiger partial charge in [-0.15, -0.1) is 0 Å². The Kier molecular flexibility index (Phi) is 5.38. The Bertz CT molecular complexity index is 655. The normalized spacial score (nSPS) is 15.0. The maximum Gasteiger partial charge on any atom is 0.326 e. The van der Waals surface area contributed by atoms with Crippen LogP contribution in [0.15, 0.2) is 18.2 Å². The Hall–Kier alpha value is -2.64. The first kappa shape index (κ1) is 17.7. The molecule has 0 radical (unpaired) electrons. The van der Waals surface area contributed by atoms with Crippen molar-refractivity contribution < 1.29 is 19.6 Å². The third-order valence-corrected chi connectivity index (χ3v) is 3.70. The van der Waals surface area contributed by atoms with E-state index in [-0.39, 0.29) is 29.6 Å². The first-order valence-electron chi connectivity index (χ1n) is 7.86. The maximum atomic E-state index is 12.2. The molecule has 0 heterocycles. The molecule has 1 aromatic rings. The second kappa shape index (κ2) is 7.29. The van der Waals surface area contributed by atoms with Gasteiger partial charge in [0, 0.05) is 17.7 Å². The van der Waals surface area contributed by atoms with Gasteiger partial charge in [-0.3, -0.25) is 14.9 Å². The lowest BCUT2D eigenvalue weighted by Gasteiger charge is -2.16. The molecule has 2 rings (SSSR count). The van der Waals surface area contributed by atoms with Gasteiger partial charge in [0.25, 0.3) is 11.6 Å². The van der Waals surface area contributed by atoms with Crippen LogP contribution in [-0.2, 0) is 4.79 Å². The van der Waals surface area contributed by atoms with Crippen molar-refractivity contribution in [3.05, 3.63) is 33.9 Å². The lowest BCUT2D eigenvalue weighted by Crippen LogP contribution is -2.41. The molecule has 1 amide bonds. The highest BCUT2D eigenvalue weighted by atomic mass is 16.6. The number of hydrogen-bond donors (Lipinski definition) is 3. The molecule has 0 unspecified atom stereocenters. The molecule has 8 heteroatoms. The Morgan fingerprint density at radius 1 is 1.38 bits per heavy atom.